The number of aromatic nitrogens is 2. The van der Waals surface area contributed by atoms with E-state index < -0.39 is 0 Å². The summed E-state index contributed by atoms with van der Waals surface area (Å²) in [5.41, 5.74) is 0.630. The molecule has 6 nitrogen and oxygen atoms in total. The summed E-state index contributed by atoms with van der Waals surface area (Å²) in [7, 11) is 0. The first kappa shape index (κ1) is 17.9. The number of alkyl halides is 1. The molecule has 1 aromatic carbocycles. The van der Waals surface area contributed by atoms with Gasteiger partial charge in [0.25, 0.3) is 5.56 Å². The molecule has 7 heteroatoms. The van der Waals surface area contributed by atoms with Gasteiger partial charge in [0.05, 0.1) is 24.2 Å². The Balaban J connectivity index is 1.84. The first-order valence-electron chi connectivity index (χ1n) is 8.73. The van der Waals surface area contributed by atoms with Crippen molar-refractivity contribution in [2.24, 2.45) is 0 Å². The molecule has 1 fully saturated rings. The molecule has 1 aromatic heterocycles. The zero-order chi connectivity index (χ0) is 17.6. The second-order valence-electron chi connectivity index (χ2n) is 6.29. The van der Waals surface area contributed by atoms with Crippen LogP contribution in [0.2, 0.25) is 0 Å². The van der Waals surface area contributed by atoms with Crippen molar-refractivity contribution >= 4 is 28.3 Å². The maximum atomic E-state index is 12.7. The number of nitrogens with one attached hydrogen (secondary N) is 1. The van der Waals surface area contributed by atoms with Crippen LogP contribution in [0.25, 0.3) is 10.8 Å². The lowest BCUT2D eigenvalue weighted by atomic mass is 10.1. The molecular weight excluding hydrogens is 340 g/mol. The Morgan fingerprint density at radius 3 is 2.60 bits per heavy atom. The molecule has 0 spiro atoms. The SMILES string of the molecule is O=C(CCCl)NCc1nn(CCN2CCCC2)c(=O)c2ccccc12. The molecule has 0 unspecified atom stereocenters. The Kier molecular flexibility index (Phi) is 6.04. The first-order valence-corrected chi connectivity index (χ1v) is 9.26. The van der Waals surface area contributed by atoms with Gasteiger partial charge < -0.3 is 10.2 Å². The standard InChI is InChI=1S/C18H23ClN4O2/c19-8-7-17(24)20-13-16-14-5-1-2-6-15(14)18(25)23(21-16)12-11-22-9-3-4-10-22/h1-2,5-6H,3-4,7-13H2,(H,20,24). The third-order valence-electron chi connectivity index (χ3n) is 4.55. The summed E-state index contributed by atoms with van der Waals surface area (Å²) in [6.07, 6.45) is 2.71. The zero-order valence-electron chi connectivity index (χ0n) is 14.2. The molecule has 2 heterocycles. The predicted molar refractivity (Wildman–Crippen MR) is 98.9 cm³/mol. The number of carbonyl (C=O) groups is 1. The molecule has 3 rings (SSSR count). The van der Waals surface area contributed by atoms with E-state index in [-0.39, 0.29) is 23.8 Å². The van der Waals surface area contributed by atoms with Gasteiger partial charge >= 0.3 is 0 Å². The lowest BCUT2D eigenvalue weighted by Crippen LogP contribution is -2.32. The lowest BCUT2D eigenvalue weighted by Gasteiger charge is -2.16. The minimum Gasteiger partial charge on any atom is -0.350 e. The minimum absolute atomic E-state index is 0.0781. The summed E-state index contributed by atoms with van der Waals surface area (Å²) >= 11 is 5.60. The topological polar surface area (TPSA) is 67.2 Å². The highest BCUT2D eigenvalue weighted by Crippen LogP contribution is 2.13. The Morgan fingerprint density at radius 1 is 1.16 bits per heavy atom. The van der Waals surface area contributed by atoms with Gasteiger partial charge in [-0.05, 0) is 32.0 Å². The number of amides is 1. The van der Waals surface area contributed by atoms with Crippen molar-refractivity contribution in [3.63, 3.8) is 0 Å². The summed E-state index contributed by atoms with van der Waals surface area (Å²) in [5.74, 6) is 0.172. The van der Waals surface area contributed by atoms with Gasteiger partial charge in [-0.3, -0.25) is 9.59 Å². The maximum absolute atomic E-state index is 12.7. The van der Waals surface area contributed by atoms with Gasteiger partial charge in [-0.25, -0.2) is 4.68 Å². The van der Waals surface area contributed by atoms with E-state index in [1.807, 2.05) is 24.3 Å². The van der Waals surface area contributed by atoms with Crippen LogP contribution in [-0.2, 0) is 17.9 Å². The van der Waals surface area contributed by atoms with E-state index in [1.54, 1.807) is 0 Å². The number of carbonyl (C=O) groups excluding carboxylic acids is 1. The van der Waals surface area contributed by atoms with Crippen molar-refractivity contribution < 1.29 is 4.79 Å². The number of halogens is 1. The minimum atomic E-state index is -0.115. The van der Waals surface area contributed by atoms with Crippen LogP contribution < -0.4 is 10.9 Å². The molecule has 25 heavy (non-hydrogen) atoms. The van der Waals surface area contributed by atoms with Gasteiger partial charge in [0.2, 0.25) is 5.91 Å². The van der Waals surface area contributed by atoms with Crippen LogP contribution in [0, 0.1) is 0 Å². The van der Waals surface area contributed by atoms with Crippen LogP contribution >= 0.6 is 11.6 Å². The third-order valence-corrected chi connectivity index (χ3v) is 4.73. The van der Waals surface area contributed by atoms with Crippen molar-refractivity contribution in [2.45, 2.75) is 32.4 Å². The van der Waals surface area contributed by atoms with E-state index in [2.05, 4.69) is 15.3 Å². The highest BCUT2D eigenvalue weighted by molar-refractivity contribution is 6.18. The van der Waals surface area contributed by atoms with Gasteiger partial charge in [-0.1, -0.05) is 18.2 Å². The van der Waals surface area contributed by atoms with Crippen LogP contribution in [0.5, 0.6) is 0 Å². The molecule has 1 N–H and O–H groups in total. The number of likely N-dealkylation sites (tertiary alicyclic amines) is 1. The van der Waals surface area contributed by atoms with Crippen molar-refractivity contribution in [1.82, 2.24) is 20.0 Å². The van der Waals surface area contributed by atoms with Gasteiger partial charge in [0.1, 0.15) is 0 Å². The molecule has 1 aliphatic heterocycles. The predicted octanol–water partition coefficient (Wildman–Crippen LogP) is 1.74. The van der Waals surface area contributed by atoms with Gasteiger partial charge in [-0.2, -0.15) is 5.10 Å². The largest absolute Gasteiger partial charge is 0.350 e. The first-order chi connectivity index (χ1) is 12.2. The lowest BCUT2D eigenvalue weighted by molar-refractivity contribution is -0.120. The summed E-state index contributed by atoms with van der Waals surface area (Å²) in [5, 5.41) is 8.77. The van der Waals surface area contributed by atoms with Crippen molar-refractivity contribution in [3.05, 3.63) is 40.3 Å². The highest BCUT2D eigenvalue weighted by Gasteiger charge is 2.14. The van der Waals surface area contributed by atoms with Gasteiger partial charge in [0.15, 0.2) is 0 Å². The third kappa shape index (κ3) is 4.38. The van der Waals surface area contributed by atoms with Crippen LogP contribution in [0.1, 0.15) is 25.0 Å². The summed E-state index contributed by atoms with van der Waals surface area (Å²) in [6, 6.07) is 7.42. The molecule has 134 valence electrons. The number of hydrogen-bond acceptors (Lipinski definition) is 4. The van der Waals surface area contributed by atoms with Crippen LogP contribution in [0.3, 0.4) is 0 Å². The molecule has 1 saturated heterocycles. The fourth-order valence-corrected chi connectivity index (χ4v) is 3.36. The average Bonchev–Trinajstić information content (AvgIpc) is 3.14. The Labute approximate surface area is 151 Å². The fourth-order valence-electron chi connectivity index (χ4n) is 3.19. The second kappa shape index (κ2) is 8.45. The Hall–Kier alpha value is -1.92. The Morgan fingerprint density at radius 2 is 1.88 bits per heavy atom. The normalized spacial score (nSPS) is 14.9. The van der Waals surface area contributed by atoms with Crippen LogP contribution in [0.4, 0.5) is 0 Å². The molecule has 0 atom stereocenters. The Bertz CT molecular complexity index is 799. The fraction of sp³-hybridized carbons (Fsp3) is 0.500. The number of hydrogen-bond donors (Lipinski definition) is 1. The number of nitrogens with zero attached hydrogens (tertiary/aromatic N) is 3. The zero-order valence-corrected chi connectivity index (χ0v) is 15.0. The van der Waals surface area contributed by atoms with E-state index in [4.69, 9.17) is 11.6 Å². The van der Waals surface area contributed by atoms with Crippen LogP contribution in [0.15, 0.2) is 29.1 Å². The second-order valence-corrected chi connectivity index (χ2v) is 6.66. The summed E-state index contributed by atoms with van der Waals surface area (Å²) < 4.78 is 1.53. The summed E-state index contributed by atoms with van der Waals surface area (Å²) in [4.78, 5) is 26.8. The quantitative estimate of drug-likeness (QED) is 0.762. The van der Waals surface area contributed by atoms with E-state index in [0.717, 1.165) is 25.0 Å². The highest BCUT2D eigenvalue weighted by atomic mass is 35.5. The van der Waals surface area contributed by atoms with Gasteiger partial charge in [-0.15, -0.1) is 11.6 Å². The van der Waals surface area contributed by atoms with Crippen LogP contribution in [-0.4, -0.2) is 46.1 Å². The van der Waals surface area contributed by atoms with Crippen molar-refractivity contribution in [3.8, 4) is 0 Å². The average molecular weight is 363 g/mol. The molecule has 0 saturated carbocycles. The van der Waals surface area contributed by atoms with Crippen molar-refractivity contribution in [1.29, 1.82) is 0 Å². The smallest absolute Gasteiger partial charge is 0.274 e. The van der Waals surface area contributed by atoms with E-state index >= 15 is 0 Å². The molecule has 0 aliphatic carbocycles. The molecule has 1 aliphatic rings. The summed E-state index contributed by atoms with van der Waals surface area (Å²) in [6.45, 7) is 3.85. The van der Waals surface area contributed by atoms with E-state index in [9.17, 15) is 9.59 Å². The number of rotatable bonds is 7. The van der Waals surface area contributed by atoms with E-state index in [0.29, 0.717) is 24.2 Å². The monoisotopic (exact) mass is 362 g/mol. The van der Waals surface area contributed by atoms with E-state index in [1.165, 1.54) is 17.5 Å². The maximum Gasteiger partial charge on any atom is 0.274 e. The number of fused-ring (bicyclic) bond motifs is 1. The molecule has 0 radical (unpaired) electrons. The molecular formula is C18H23ClN4O2. The number of benzene rings is 1. The molecule has 1 amide bonds. The van der Waals surface area contributed by atoms with Gasteiger partial charge in [0, 0.05) is 24.2 Å². The molecule has 0 bridgehead atoms. The molecule has 2 aromatic rings. The van der Waals surface area contributed by atoms with Crippen molar-refractivity contribution in [2.75, 3.05) is 25.5 Å².